The number of hydrogen-bond donors (Lipinski definition) is 1. The maximum Gasteiger partial charge on any atom is 0.241 e. The molecule has 0 aliphatic carbocycles. The summed E-state index contributed by atoms with van der Waals surface area (Å²) in [6, 6.07) is 14.6. The van der Waals surface area contributed by atoms with Crippen molar-refractivity contribution in [3.63, 3.8) is 0 Å². The molecule has 7 heteroatoms. The Morgan fingerprint density at radius 3 is 2.42 bits per heavy atom. The van der Waals surface area contributed by atoms with Crippen LogP contribution in [-0.4, -0.2) is 38.4 Å². The van der Waals surface area contributed by atoms with Gasteiger partial charge in [0.25, 0.3) is 0 Å². The van der Waals surface area contributed by atoms with Crippen molar-refractivity contribution in [2.75, 3.05) is 13.1 Å². The zero-order valence-corrected chi connectivity index (χ0v) is 15.8. The molecule has 1 N–H and O–H groups in total. The highest BCUT2D eigenvalue weighted by Gasteiger charge is 2.30. The normalized spacial score (nSPS) is 15.8. The van der Waals surface area contributed by atoms with Gasteiger partial charge in [-0.05, 0) is 43.0 Å². The molecule has 0 spiro atoms. The first-order valence-corrected chi connectivity index (χ1v) is 10.4. The summed E-state index contributed by atoms with van der Waals surface area (Å²) < 4.78 is 28.1. The molecule has 1 atom stereocenters. The van der Waals surface area contributed by atoms with Gasteiger partial charge < -0.3 is 4.90 Å². The number of rotatable bonds is 6. The van der Waals surface area contributed by atoms with Crippen LogP contribution in [0.1, 0.15) is 18.4 Å². The van der Waals surface area contributed by atoms with Crippen LogP contribution in [-0.2, 0) is 21.2 Å². The van der Waals surface area contributed by atoms with Crippen molar-refractivity contribution < 1.29 is 13.2 Å². The highest BCUT2D eigenvalue weighted by atomic mass is 35.5. The van der Waals surface area contributed by atoms with Gasteiger partial charge in [-0.3, -0.25) is 4.79 Å². The Morgan fingerprint density at radius 2 is 1.77 bits per heavy atom. The van der Waals surface area contributed by atoms with Gasteiger partial charge in [0.1, 0.15) is 6.04 Å². The summed E-state index contributed by atoms with van der Waals surface area (Å²) >= 11 is 5.92. The summed E-state index contributed by atoms with van der Waals surface area (Å²) in [7, 11) is -3.86. The second-order valence-electron chi connectivity index (χ2n) is 6.35. The Kier molecular flexibility index (Phi) is 5.96. The fraction of sp³-hybridized carbons (Fsp3) is 0.316. The number of carbonyl (C=O) groups is 1. The van der Waals surface area contributed by atoms with E-state index in [9.17, 15) is 13.2 Å². The largest absolute Gasteiger partial charge is 0.341 e. The monoisotopic (exact) mass is 392 g/mol. The summed E-state index contributed by atoms with van der Waals surface area (Å²) in [6.07, 6.45) is 2.20. The number of amides is 1. The van der Waals surface area contributed by atoms with Crippen molar-refractivity contribution in [2.24, 2.45) is 0 Å². The zero-order valence-electron chi connectivity index (χ0n) is 14.3. The number of carbonyl (C=O) groups excluding carboxylic acids is 1. The summed E-state index contributed by atoms with van der Waals surface area (Å²) in [5.74, 6) is -0.183. The number of sulfonamides is 1. The minimum atomic E-state index is -3.86. The predicted molar refractivity (Wildman–Crippen MR) is 102 cm³/mol. The molecule has 2 aromatic carbocycles. The maximum atomic E-state index is 12.9. The van der Waals surface area contributed by atoms with E-state index in [4.69, 9.17) is 11.6 Å². The highest BCUT2D eigenvalue weighted by molar-refractivity contribution is 7.89. The van der Waals surface area contributed by atoms with Gasteiger partial charge in [-0.1, -0.05) is 48.0 Å². The van der Waals surface area contributed by atoms with Gasteiger partial charge in [0, 0.05) is 18.1 Å². The molecule has 1 aliphatic rings. The van der Waals surface area contributed by atoms with Crippen LogP contribution >= 0.6 is 11.6 Å². The molecule has 26 heavy (non-hydrogen) atoms. The van der Waals surface area contributed by atoms with Crippen LogP contribution in [0, 0.1) is 0 Å². The number of nitrogens with zero attached hydrogens (tertiary/aromatic N) is 1. The molecule has 0 aromatic heterocycles. The Labute approximate surface area is 159 Å². The fourth-order valence-corrected chi connectivity index (χ4v) is 4.57. The van der Waals surface area contributed by atoms with E-state index >= 15 is 0 Å². The third-order valence-corrected chi connectivity index (χ3v) is 6.11. The van der Waals surface area contributed by atoms with Crippen LogP contribution in [0.3, 0.4) is 0 Å². The predicted octanol–water partition coefficient (Wildman–Crippen LogP) is 2.85. The highest BCUT2D eigenvalue weighted by Crippen LogP contribution is 2.18. The van der Waals surface area contributed by atoms with Crippen LogP contribution in [0.15, 0.2) is 59.5 Å². The molecule has 1 fully saturated rings. The number of hydrogen-bond acceptors (Lipinski definition) is 3. The third kappa shape index (κ3) is 4.63. The lowest BCUT2D eigenvalue weighted by Gasteiger charge is -2.24. The van der Waals surface area contributed by atoms with Gasteiger partial charge in [-0.2, -0.15) is 4.72 Å². The molecular weight excluding hydrogens is 372 g/mol. The molecule has 1 heterocycles. The van der Waals surface area contributed by atoms with Gasteiger partial charge in [0.15, 0.2) is 0 Å². The smallest absolute Gasteiger partial charge is 0.241 e. The maximum absolute atomic E-state index is 12.9. The van der Waals surface area contributed by atoms with E-state index in [-0.39, 0.29) is 10.8 Å². The first-order chi connectivity index (χ1) is 12.5. The van der Waals surface area contributed by atoms with Crippen LogP contribution in [0.4, 0.5) is 0 Å². The van der Waals surface area contributed by atoms with Crippen molar-refractivity contribution in [3.8, 4) is 0 Å². The second kappa shape index (κ2) is 8.20. The molecule has 138 valence electrons. The zero-order chi connectivity index (χ0) is 18.6. The molecule has 3 rings (SSSR count). The lowest BCUT2D eigenvalue weighted by molar-refractivity contribution is -0.131. The Morgan fingerprint density at radius 1 is 1.08 bits per heavy atom. The molecule has 0 radical (unpaired) electrons. The van der Waals surface area contributed by atoms with E-state index in [2.05, 4.69) is 4.72 Å². The lowest BCUT2D eigenvalue weighted by atomic mass is 10.1. The molecule has 1 saturated heterocycles. The Hall–Kier alpha value is -1.89. The molecule has 1 aliphatic heterocycles. The van der Waals surface area contributed by atoms with Crippen molar-refractivity contribution in [3.05, 3.63) is 65.2 Å². The second-order valence-corrected chi connectivity index (χ2v) is 8.50. The Balaban J connectivity index is 1.85. The number of likely N-dealkylation sites (tertiary alicyclic amines) is 1. The van der Waals surface area contributed by atoms with Crippen molar-refractivity contribution >= 4 is 27.5 Å². The van der Waals surface area contributed by atoms with Gasteiger partial charge >= 0.3 is 0 Å². The minimum absolute atomic E-state index is 0.0530. The summed E-state index contributed by atoms with van der Waals surface area (Å²) in [5.41, 5.74) is 0.902. The first-order valence-electron chi connectivity index (χ1n) is 8.56. The average molecular weight is 393 g/mol. The molecule has 0 saturated carbocycles. The lowest BCUT2D eigenvalue weighted by Crippen LogP contribution is -2.48. The third-order valence-electron chi connectivity index (χ3n) is 4.40. The summed E-state index contributed by atoms with van der Waals surface area (Å²) in [5, 5.41) is 0.332. The SMILES string of the molecule is O=C([C@@H](Cc1ccccc1)NS(=O)(=O)c1cccc(Cl)c1)N1CCCC1. The van der Waals surface area contributed by atoms with Gasteiger partial charge in [0.2, 0.25) is 15.9 Å². The van der Waals surface area contributed by atoms with Gasteiger partial charge in [-0.15, -0.1) is 0 Å². The molecule has 2 aromatic rings. The number of nitrogens with one attached hydrogen (secondary N) is 1. The van der Waals surface area contributed by atoms with Gasteiger partial charge in [0.05, 0.1) is 4.90 Å². The molecular formula is C19H21ClN2O3S. The topological polar surface area (TPSA) is 66.5 Å². The van der Waals surface area contributed by atoms with E-state index in [1.165, 1.54) is 12.1 Å². The fourth-order valence-electron chi connectivity index (χ4n) is 3.08. The van der Waals surface area contributed by atoms with E-state index in [1.54, 1.807) is 17.0 Å². The van der Waals surface area contributed by atoms with E-state index in [0.717, 1.165) is 18.4 Å². The van der Waals surface area contributed by atoms with Crippen molar-refractivity contribution in [1.29, 1.82) is 0 Å². The summed E-state index contributed by atoms with van der Waals surface area (Å²) in [6.45, 7) is 1.34. The molecule has 5 nitrogen and oxygen atoms in total. The molecule has 0 unspecified atom stereocenters. The van der Waals surface area contributed by atoms with Crippen LogP contribution in [0.25, 0.3) is 0 Å². The molecule has 0 bridgehead atoms. The minimum Gasteiger partial charge on any atom is -0.341 e. The standard InChI is InChI=1S/C19H21ClN2O3S/c20-16-9-6-10-17(14-16)26(24,25)21-18(13-15-7-2-1-3-8-15)19(23)22-11-4-5-12-22/h1-3,6-10,14,18,21H,4-5,11-13H2/t18-/m1/s1. The number of halogens is 1. The van der Waals surface area contributed by atoms with Crippen LogP contribution in [0.2, 0.25) is 5.02 Å². The van der Waals surface area contributed by atoms with E-state index < -0.39 is 16.1 Å². The van der Waals surface area contributed by atoms with E-state index in [0.29, 0.717) is 24.5 Å². The van der Waals surface area contributed by atoms with Crippen LogP contribution in [0.5, 0.6) is 0 Å². The first kappa shape index (κ1) is 18.9. The van der Waals surface area contributed by atoms with Gasteiger partial charge in [-0.25, -0.2) is 8.42 Å². The Bertz CT molecular complexity index is 865. The average Bonchev–Trinajstić information content (AvgIpc) is 3.16. The number of benzene rings is 2. The quantitative estimate of drug-likeness (QED) is 0.822. The van der Waals surface area contributed by atoms with Crippen molar-refractivity contribution in [1.82, 2.24) is 9.62 Å². The van der Waals surface area contributed by atoms with Crippen LogP contribution < -0.4 is 4.72 Å². The molecule has 1 amide bonds. The summed E-state index contributed by atoms with van der Waals surface area (Å²) in [4.78, 5) is 14.7. The van der Waals surface area contributed by atoms with Crippen molar-refractivity contribution in [2.45, 2.75) is 30.2 Å². The van der Waals surface area contributed by atoms with E-state index in [1.807, 2.05) is 30.3 Å².